The molecule has 66 valence electrons. The van der Waals surface area contributed by atoms with Gasteiger partial charge in [-0.25, -0.2) is 0 Å². The number of hydrogen-bond donors (Lipinski definition) is 1. The summed E-state index contributed by atoms with van der Waals surface area (Å²) in [7, 11) is 0. The van der Waals surface area contributed by atoms with Crippen molar-refractivity contribution in [2.24, 2.45) is 5.92 Å². The molecular weight excluding hydrogens is 156 g/mol. The molecule has 1 saturated heterocycles. The van der Waals surface area contributed by atoms with E-state index in [0.717, 1.165) is 19.4 Å². The summed E-state index contributed by atoms with van der Waals surface area (Å²) < 4.78 is 0. The van der Waals surface area contributed by atoms with E-state index in [9.17, 15) is 4.79 Å². The number of nitriles is 1. The van der Waals surface area contributed by atoms with Gasteiger partial charge in [-0.2, -0.15) is 5.26 Å². The third-order valence-corrected chi connectivity index (χ3v) is 2.12. The molecule has 0 aromatic rings. The predicted octanol–water partition coefficient (Wildman–Crippen LogP) is 0.654. The number of nitrogens with zero attached hydrogens (tertiary/aromatic N) is 2. The third kappa shape index (κ3) is 2.42. The van der Waals surface area contributed by atoms with Gasteiger partial charge in [0.2, 0.25) is 0 Å². The Bertz CT molecular complexity index is 210. The van der Waals surface area contributed by atoms with Gasteiger partial charge in [-0.3, -0.25) is 4.79 Å². The lowest BCUT2D eigenvalue weighted by Gasteiger charge is -2.27. The Balaban J connectivity index is 2.36. The summed E-state index contributed by atoms with van der Waals surface area (Å²) >= 11 is 0. The lowest BCUT2D eigenvalue weighted by atomic mass is 9.95. The molecule has 0 radical (unpaired) electrons. The van der Waals surface area contributed by atoms with Crippen LogP contribution in [0.3, 0.4) is 0 Å². The van der Waals surface area contributed by atoms with Crippen LogP contribution >= 0.6 is 0 Å². The molecule has 1 atom stereocenters. The topological polar surface area (TPSA) is 64.3 Å². The Morgan fingerprint density at radius 3 is 3.08 bits per heavy atom. The lowest BCUT2D eigenvalue weighted by Crippen LogP contribution is -2.32. The van der Waals surface area contributed by atoms with Crippen LogP contribution in [0, 0.1) is 17.4 Å². The number of aliphatic carboxylic acids is 1. The van der Waals surface area contributed by atoms with Crippen molar-refractivity contribution in [3.63, 3.8) is 0 Å². The molecule has 12 heavy (non-hydrogen) atoms. The van der Waals surface area contributed by atoms with Crippen molar-refractivity contribution in [2.45, 2.75) is 19.3 Å². The van der Waals surface area contributed by atoms with Crippen molar-refractivity contribution in [1.29, 1.82) is 5.26 Å². The van der Waals surface area contributed by atoms with Crippen LogP contribution in [0.25, 0.3) is 0 Å². The summed E-state index contributed by atoms with van der Waals surface area (Å²) in [4.78, 5) is 12.0. The lowest BCUT2D eigenvalue weighted by molar-refractivity contribution is -0.138. The molecule has 0 aromatic heterocycles. The number of piperidine rings is 1. The molecule has 1 rings (SSSR count). The molecule has 1 aliphatic rings. The molecule has 1 unspecified atom stereocenters. The van der Waals surface area contributed by atoms with Crippen molar-refractivity contribution in [3.8, 4) is 6.19 Å². The van der Waals surface area contributed by atoms with E-state index in [0.29, 0.717) is 6.54 Å². The predicted molar refractivity (Wildman–Crippen MR) is 42.2 cm³/mol. The number of likely N-dealkylation sites (tertiary alicyclic amines) is 1. The second-order valence-electron chi connectivity index (χ2n) is 3.15. The molecule has 0 bridgehead atoms. The van der Waals surface area contributed by atoms with Gasteiger partial charge >= 0.3 is 5.97 Å². The van der Waals surface area contributed by atoms with Gasteiger partial charge in [0.1, 0.15) is 0 Å². The molecule has 0 spiro atoms. The molecule has 4 heteroatoms. The van der Waals surface area contributed by atoms with Gasteiger partial charge in [0.15, 0.2) is 6.19 Å². The average Bonchev–Trinajstić information content (AvgIpc) is 2.03. The number of carboxylic acids is 1. The fourth-order valence-corrected chi connectivity index (χ4v) is 1.57. The zero-order chi connectivity index (χ0) is 8.97. The minimum atomic E-state index is -0.764. The van der Waals surface area contributed by atoms with Gasteiger partial charge < -0.3 is 10.0 Å². The third-order valence-electron chi connectivity index (χ3n) is 2.12. The van der Waals surface area contributed by atoms with Gasteiger partial charge in [-0.1, -0.05) is 0 Å². The van der Waals surface area contributed by atoms with Gasteiger partial charge in [0.25, 0.3) is 0 Å². The van der Waals surface area contributed by atoms with Crippen LogP contribution in [0.15, 0.2) is 0 Å². The van der Waals surface area contributed by atoms with Gasteiger partial charge in [-0.15, -0.1) is 0 Å². The van der Waals surface area contributed by atoms with Crippen molar-refractivity contribution in [3.05, 3.63) is 0 Å². The van der Waals surface area contributed by atoms with E-state index < -0.39 is 5.97 Å². The highest BCUT2D eigenvalue weighted by Gasteiger charge is 2.20. The van der Waals surface area contributed by atoms with Crippen LogP contribution < -0.4 is 0 Å². The summed E-state index contributed by atoms with van der Waals surface area (Å²) in [5, 5.41) is 17.1. The second kappa shape index (κ2) is 3.96. The zero-order valence-corrected chi connectivity index (χ0v) is 6.86. The molecule has 0 amide bonds. The minimum absolute atomic E-state index is 0.163. The Labute approximate surface area is 71.4 Å². The smallest absolute Gasteiger partial charge is 0.303 e. The molecule has 4 nitrogen and oxygen atoms in total. The Hall–Kier alpha value is -1.24. The maximum atomic E-state index is 10.4. The van der Waals surface area contributed by atoms with Crippen LogP contribution in [0.5, 0.6) is 0 Å². The fraction of sp³-hybridized carbons (Fsp3) is 0.750. The van der Waals surface area contributed by atoms with E-state index >= 15 is 0 Å². The number of carboxylic acid groups (broad SMARTS) is 1. The van der Waals surface area contributed by atoms with Crippen LogP contribution in [-0.2, 0) is 4.79 Å². The van der Waals surface area contributed by atoms with Crippen LogP contribution in [0.4, 0.5) is 0 Å². The van der Waals surface area contributed by atoms with E-state index in [1.165, 1.54) is 0 Å². The maximum absolute atomic E-state index is 10.4. The van der Waals surface area contributed by atoms with Crippen LogP contribution in [-0.4, -0.2) is 29.1 Å². The molecule has 0 aliphatic carbocycles. The fourth-order valence-electron chi connectivity index (χ4n) is 1.57. The first-order valence-electron chi connectivity index (χ1n) is 4.09. The highest BCUT2D eigenvalue weighted by molar-refractivity contribution is 5.67. The average molecular weight is 168 g/mol. The molecule has 1 heterocycles. The second-order valence-corrected chi connectivity index (χ2v) is 3.15. The van der Waals surface area contributed by atoms with E-state index in [1.54, 1.807) is 4.90 Å². The van der Waals surface area contributed by atoms with Crippen molar-refractivity contribution < 1.29 is 9.90 Å². The van der Waals surface area contributed by atoms with E-state index in [1.807, 2.05) is 6.19 Å². The number of carbonyl (C=O) groups is 1. The van der Waals surface area contributed by atoms with Crippen LogP contribution in [0.1, 0.15) is 19.3 Å². The Morgan fingerprint density at radius 1 is 1.75 bits per heavy atom. The molecule has 1 aliphatic heterocycles. The van der Waals surface area contributed by atoms with Gasteiger partial charge in [0, 0.05) is 19.5 Å². The Kier molecular flexibility index (Phi) is 2.92. The number of hydrogen-bond acceptors (Lipinski definition) is 3. The van der Waals surface area contributed by atoms with Gasteiger partial charge in [-0.05, 0) is 18.8 Å². The Morgan fingerprint density at radius 2 is 2.50 bits per heavy atom. The van der Waals surface area contributed by atoms with E-state index in [4.69, 9.17) is 10.4 Å². The van der Waals surface area contributed by atoms with E-state index in [2.05, 4.69) is 0 Å². The summed E-state index contributed by atoms with van der Waals surface area (Å²) in [6, 6.07) is 0. The maximum Gasteiger partial charge on any atom is 0.303 e. The summed E-state index contributed by atoms with van der Waals surface area (Å²) in [6.07, 6.45) is 4.11. The monoisotopic (exact) mass is 168 g/mol. The zero-order valence-electron chi connectivity index (χ0n) is 6.86. The van der Waals surface area contributed by atoms with Gasteiger partial charge in [0.05, 0.1) is 0 Å². The molecule has 1 fully saturated rings. The SMILES string of the molecule is N#CN1CCCC(CC(=O)O)C1. The van der Waals surface area contributed by atoms with E-state index in [-0.39, 0.29) is 12.3 Å². The summed E-state index contributed by atoms with van der Waals surface area (Å²) in [5.74, 6) is -0.601. The summed E-state index contributed by atoms with van der Waals surface area (Å²) in [6.45, 7) is 1.40. The first kappa shape index (κ1) is 8.85. The molecule has 1 N–H and O–H groups in total. The largest absolute Gasteiger partial charge is 0.481 e. The molecule has 0 saturated carbocycles. The first-order valence-corrected chi connectivity index (χ1v) is 4.09. The van der Waals surface area contributed by atoms with Crippen molar-refractivity contribution in [2.75, 3.05) is 13.1 Å². The standard InChI is InChI=1S/C8H12N2O2/c9-6-10-3-1-2-7(5-10)4-8(11)12/h7H,1-5H2,(H,11,12). The molecular formula is C8H12N2O2. The molecule has 0 aromatic carbocycles. The highest BCUT2D eigenvalue weighted by Crippen LogP contribution is 2.18. The summed E-state index contributed by atoms with van der Waals surface area (Å²) in [5.41, 5.74) is 0. The first-order chi connectivity index (χ1) is 5.72. The highest BCUT2D eigenvalue weighted by atomic mass is 16.4. The quantitative estimate of drug-likeness (QED) is 0.615. The normalized spacial score (nSPS) is 23.2. The van der Waals surface area contributed by atoms with Crippen LogP contribution in [0.2, 0.25) is 0 Å². The number of rotatable bonds is 2. The van der Waals surface area contributed by atoms with Crippen molar-refractivity contribution in [1.82, 2.24) is 4.90 Å². The minimum Gasteiger partial charge on any atom is -0.481 e. The van der Waals surface area contributed by atoms with Crippen molar-refractivity contribution >= 4 is 5.97 Å².